The van der Waals surface area contributed by atoms with Crippen molar-refractivity contribution in [1.82, 2.24) is 10.2 Å². The number of nitrogens with one attached hydrogen (secondary N) is 1. The molecule has 1 unspecified atom stereocenters. The zero-order valence-corrected chi connectivity index (χ0v) is 11.5. The summed E-state index contributed by atoms with van der Waals surface area (Å²) in [5.74, 6) is 0. The Morgan fingerprint density at radius 3 is 2.42 bits per heavy atom. The van der Waals surface area contributed by atoms with Gasteiger partial charge < -0.3 is 15.0 Å². The molecule has 1 atom stereocenters. The molecule has 19 heavy (non-hydrogen) atoms. The molecule has 1 rings (SSSR count). The third-order valence-corrected chi connectivity index (χ3v) is 2.74. The second kappa shape index (κ2) is 5.98. The molecule has 1 aliphatic heterocycles. The fraction of sp³-hybridized carbons (Fsp3) is 0.917. The van der Waals surface area contributed by atoms with Crippen molar-refractivity contribution in [2.75, 3.05) is 19.6 Å². The summed E-state index contributed by atoms with van der Waals surface area (Å²) in [5.41, 5.74) is -0.709. The van der Waals surface area contributed by atoms with E-state index in [-0.39, 0.29) is 12.6 Å². The van der Waals surface area contributed by atoms with Gasteiger partial charge in [0.1, 0.15) is 5.60 Å². The van der Waals surface area contributed by atoms with Crippen LogP contribution in [-0.2, 0) is 4.74 Å². The minimum absolute atomic E-state index is 0.225. The maximum Gasteiger partial charge on any atom is 0.410 e. The number of hydrogen-bond acceptors (Lipinski definition) is 3. The normalized spacial score (nSPS) is 20.4. The van der Waals surface area contributed by atoms with Gasteiger partial charge in [-0.25, -0.2) is 4.79 Å². The molecule has 0 aliphatic carbocycles. The molecule has 0 spiro atoms. The Morgan fingerprint density at radius 2 is 2.00 bits per heavy atom. The number of halogens is 3. The zero-order chi connectivity index (χ0) is 14.7. The van der Waals surface area contributed by atoms with Crippen LogP contribution in [0.5, 0.6) is 0 Å². The van der Waals surface area contributed by atoms with Gasteiger partial charge in [-0.15, -0.1) is 0 Å². The Hall–Kier alpha value is -0.980. The van der Waals surface area contributed by atoms with Crippen LogP contribution in [0.15, 0.2) is 0 Å². The average molecular weight is 282 g/mol. The van der Waals surface area contributed by atoms with E-state index < -0.39 is 24.3 Å². The van der Waals surface area contributed by atoms with E-state index in [4.69, 9.17) is 4.74 Å². The molecule has 0 saturated carbocycles. The van der Waals surface area contributed by atoms with Crippen molar-refractivity contribution in [1.29, 1.82) is 0 Å². The molecule has 1 saturated heterocycles. The summed E-state index contributed by atoms with van der Waals surface area (Å²) in [4.78, 5) is 13.2. The largest absolute Gasteiger partial charge is 0.444 e. The summed E-state index contributed by atoms with van der Waals surface area (Å²) >= 11 is 0. The topological polar surface area (TPSA) is 41.6 Å². The van der Waals surface area contributed by atoms with Crippen molar-refractivity contribution in [3.8, 4) is 0 Å². The molecule has 1 aliphatic rings. The highest BCUT2D eigenvalue weighted by molar-refractivity contribution is 5.68. The number of amides is 1. The lowest BCUT2D eigenvalue weighted by molar-refractivity contribution is -0.138. The van der Waals surface area contributed by atoms with Gasteiger partial charge in [0, 0.05) is 19.1 Å². The Bertz CT molecular complexity index is 307. The van der Waals surface area contributed by atoms with E-state index in [9.17, 15) is 18.0 Å². The molecule has 1 heterocycles. The van der Waals surface area contributed by atoms with E-state index in [2.05, 4.69) is 5.32 Å². The van der Waals surface area contributed by atoms with Crippen LogP contribution in [0, 0.1) is 0 Å². The number of ether oxygens (including phenoxy) is 1. The fourth-order valence-electron chi connectivity index (χ4n) is 1.90. The Morgan fingerprint density at radius 1 is 1.37 bits per heavy atom. The van der Waals surface area contributed by atoms with Gasteiger partial charge in [-0.3, -0.25) is 0 Å². The summed E-state index contributed by atoms with van der Waals surface area (Å²) in [5, 5.41) is 3.04. The number of alkyl halides is 3. The molecule has 0 aromatic rings. The van der Waals surface area contributed by atoms with Gasteiger partial charge in [0.25, 0.3) is 0 Å². The minimum atomic E-state index is -4.27. The molecule has 0 bridgehead atoms. The lowest BCUT2D eigenvalue weighted by Crippen LogP contribution is -2.45. The van der Waals surface area contributed by atoms with Crippen molar-refractivity contribution >= 4 is 6.09 Å². The van der Waals surface area contributed by atoms with Gasteiger partial charge in [0.05, 0.1) is 6.42 Å². The quantitative estimate of drug-likeness (QED) is 0.865. The van der Waals surface area contributed by atoms with Crippen LogP contribution in [0.2, 0.25) is 0 Å². The summed E-state index contributed by atoms with van der Waals surface area (Å²) in [6.45, 7) is 5.94. The van der Waals surface area contributed by atoms with Crippen molar-refractivity contribution in [2.45, 2.75) is 51.4 Å². The third-order valence-electron chi connectivity index (χ3n) is 2.74. The lowest BCUT2D eigenvalue weighted by atomic mass is 10.2. The number of carbonyl (C=O) groups excluding carboxylic acids is 1. The van der Waals surface area contributed by atoms with Crippen molar-refractivity contribution in [2.24, 2.45) is 0 Å². The molecule has 1 amide bonds. The molecule has 0 aromatic heterocycles. The molecule has 0 radical (unpaired) electrons. The first-order valence-electron chi connectivity index (χ1n) is 6.35. The van der Waals surface area contributed by atoms with Crippen LogP contribution in [-0.4, -0.2) is 48.4 Å². The first kappa shape index (κ1) is 16.1. The molecule has 1 N–H and O–H groups in total. The van der Waals surface area contributed by atoms with Crippen molar-refractivity contribution in [3.63, 3.8) is 0 Å². The third kappa shape index (κ3) is 6.13. The van der Waals surface area contributed by atoms with E-state index in [1.54, 1.807) is 20.8 Å². The molecular formula is C12H21F3N2O2. The molecule has 7 heteroatoms. The summed E-state index contributed by atoms with van der Waals surface area (Å²) in [6, 6.07) is -0.225. The highest BCUT2D eigenvalue weighted by Crippen LogP contribution is 2.22. The highest BCUT2D eigenvalue weighted by atomic mass is 19.4. The van der Waals surface area contributed by atoms with Crippen LogP contribution < -0.4 is 5.32 Å². The predicted octanol–water partition coefficient (Wildman–Crippen LogP) is 2.54. The van der Waals surface area contributed by atoms with Crippen molar-refractivity contribution in [3.05, 3.63) is 0 Å². The van der Waals surface area contributed by atoms with Gasteiger partial charge in [-0.05, 0) is 33.7 Å². The van der Waals surface area contributed by atoms with E-state index in [0.717, 1.165) is 0 Å². The standard InChI is InChI=1S/C12H21F3N2O2/c1-11(2,3)19-10(18)17(7-5-12(13,14)15)9-4-6-16-8-9/h9,16H,4-8H2,1-3H3. The SMILES string of the molecule is CC(C)(C)OC(=O)N(CCC(F)(F)F)C1CCNC1. The Kier molecular flexibility index (Phi) is 5.06. The van der Waals surface area contributed by atoms with Crippen LogP contribution in [0.4, 0.5) is 18.0 Å². The number of nitrogens with zero attached hydrogens (tertiary/aromatic N) is 1. The number of carbonyl (C=O) groups is 1. The van der Waals surface area contributed by atoms with Crippen molar-refractivity contribution < 1.29 is 22.7 Å². The number of rotatable bonds is 3. The van der Waals surface area contributed by atoms with Crippen LogP contribution in [0.3, 0.4) is 0 Å². The van der Waals surface area contributed by atoms with Crippen LogP contribution >= 0.6 is 0 Å². The summed E-state index contributed by atoms with van der Waals surface area (Å²) < 4.78 is 42.1. The summed E-state index contributed by atoms with van der Waals surface area (Å²) in [6.07, 6.45) is -5.31. The monoisotopic (exact) mass is 282 g/mol. The molecule has 0 aromatic carbocycles. The van der Waals surface area contributed by atoms with E-state index in [0.29, 0.717) is 19.5 Å². The first-order valence-corrected chi connectivity index (χ1v) is 6.35. The molecule has 1 fully saturated rings. The van der Waals surface area contributed by atoms with Gasteiger partial charge >= 0.3 is 12.3 Å². The summed E-state index contributed by atoms with van der Waals surface area (Å²) in [7, 11) is 0. The average Bonchev–Trinajstić information content (AvgIpc) is 2.66. The zero-order valence-electron chi connectivity index (χ0n) is 11.5. The maximum absolute atomic E-state index is 12.3. The predicted molar refractivity (Wildman–Crippen MR) is 64.9 cm³/mol. The Balaban J connectivity index is 2.65. The maximum atomic E-state index is 12.3. The molecular weight excluding hydrogens is 261 g/mol. The lowest BCUT2D eigenvalue weighted by Gasteiger charge is -2.31. The second-order valence-electron chi connectivity index (χ2n) is 5.69. The smallest absolute Gasteiger partial charge is 0.410 e. The minimum Gasteiger partial charge on any atom is -0.444 e. The van der Waals surface area contributed by atoms with Gasteiger partial charge in [-0.1, -0.05) is 0 Å². The van der Waals surface area contributed by atoms with E-state index in [1.807, 2.05) is 0 Å². The van der Waals surface area contributed by atoms with Gasteiger partial charge in [-0.2, -0.15) is 13.2 Å². The van der Waals surface area contributed by atoms with E-state index in [1.165, 1.54) is 4.90 Å². The Labute approximate surface area is 111 Å². The second-order valence-corrected chi connectivity index (χ2v) is 5.69. The number of hydrogen-bond donors (Lipinski definition) is 1. The van der Waals surface area contributed by atoms with Gasteiger partial charge in [0.2, 0.25) is 0 Å². The first-order chi connectivity index (χ1) is 8.58. The molecule has 112 valence electrons. The van der Waals surface area contributed by atoms with Crippen LogP contribution in [0.25, 0.3) is 0 Å². The highest BCUT2D eigenvalue weighted by Gasteiger charge is 2.34. The molecule has 4 nitrogen and oxygen atoms in total. The van der Waals surface area contributed by atoms with Gasteiger partial charge in [0.15, 0.2) is 0 Å². The van der Waals surface area contributed by atoms with Crippen LogP contribution in [0.1, 0.15) is 33.6 Å². The van der Waals surface area contributed by atoms with E-state index >= 15 is 0 Å². The fourth-order valence-corrected chi connectivity index (χ4v) is 1.90.